The Morgan fingerprint density at radius 1 is 1.06 bits per heavy atom. The molecule has 32 heavy (non-hydrogen) atoms. The maximum Gasteiger partial charge on any atom is 0.266 e. The highest BCUT2D eigenvalue weighted by Crippen LogP contribution is 2.21. The zero-order chi connectivity index (χ0) is 22.3. The predicted octanol–water partition coefficient (Wildman–Crippen LogP) is 3.64. The number of carbonyl (C=O) groups is 1. The highest BCUT2D eigenvalue weighted by molar-refractivity contribution is 7.99. The topological polar surface area (TPSA) is 85.6 Å². The Morgan fingerprint density at radius 3 is 2.53 bits per heavy atom. The maximum absolute atomic E-state index is 13.1. The number of amides is 1. The van der Waals surface area contributed by atoms with Gasteiger partial charge in [-0.15, -0.1) is 0 Å². The molecule has 1 N–H and O–H groups in total. The molecule has 1 amide bonds. The number of para-hydroxylation sites is 2. The molecule has 0 radical (unpaired) electrons. The van der Waals surface area contributed by atoms with E-state index in [1.807, 2.05) is 66.7 Å². The molecule has 0 atom stereocenters. The number of thioether (sulfide) groups is 1. The number of hydrogen-bond donors (Lipinski definition) is 1. The Morgan fingerprint density at radius 2 is 1.78 bits per heavy atom. The molecule has 160 valence electrons. The van der Waals surface area contributed by atoms with Gasteiger partial charge in [-0.1, -0.05) is 42.1 Å². The molecule has 1 heterocycles. The van der Waals surface area contributed by atoms with Gasteiger partial charge in [-0.3, -0.25) is 14.2 Å². The molecule has 3 aromatic carbocycles. The molecule has 0 aliphatic carbocycles. The van der Waals surface area contributed by atoms with Crippen molar-refractivity contribution in [3.05, 3.63) is 94.8 Å². The minimum Gasteiger partial charge on any atom is -0.497 e. The third-order valence-electron chi connectivity index (χ3n) is 4.61. The summed E-state index contributed by atoms with van der Waals surface area (Å²) in [6.45, 7) is 0. The fourth-order valence-electron chi connectivity index (χ4n) is 3.05. The number of methoxy groups -OCH3 is 1. The van der Waals surface area contributed by atoms with Crippen LogP contribution in [0.15, 0.2) is 93.9 Å². The Labute approximate surface area is 188 Å². The maximum atomic E-state index is 13.1. The van der Waals surface area contributed by atoms with Gasteiger partial charge in [-0.2, -0.15) is 5.10 Å². The normalized spacial score (nSPS) is 11.0. The van der Waals surface area contributed by atoms with Gasteiger partial charge in [0.2, 0.25) is 0 Å². The number of fused-ring (bicyclic) bond motifs is 1. The van der Waals surface area contributed by atoms with Crippen molar-refractivity contribution in [3.8, 4) is 11.4 Å². The van der Waals surface area contributed by atoms with Gasteiger partial charge >= 0.3 is 0 Å². The second kappa shape index (κ2) is 9.93. The first kappa shape index (κ1) is 21.3. The van der Waals surface area contributed by atoms with Crippen LogP contribution >= 0.6 is 11.8 Å². The number of nitrogens with zero attached hydrogens (tertiary/aromatic N) is 3. The highest BCUT2D eigenvalue weighted by Gasteiger charge is 2.14. The van der Waals surface area contributed by atoms with Crippen LogP contribution in [0.5, 0.6) is 5.75 Å². The van der Waals surface area contributed by atoms with Gasteiger partial charge in [0.05, 0.1) is 35.7 Å². The number of aromatic nitrogens is 2. The van der Waals surface area contributed by atoms with Gasteiger partial charge in [-0.25, -0.2) is 10.4 Å². The summed E-state index contributed by atoms with van der Waals surface area (Å²) >= 11 is 1.18. The van der Waals surface area contributed by atoms with Crippen molar-refractivity contribution in [2.24, 2.45) is 5.10 Å². The van der Waals surface area contributed by atoms with Crippen molar-refractivity contribution >= 4 is 34.8 Å². The molecule has 7 nitrogen and oxygen atoms in total. The van der Waals surface area contributed by atoms with Gasteiger partial charge in [0.15, 0.2) is 5.16 Å². The van der Waals surface area contributed by atoms with Gasteiger partial charge in [-0.05, 0) is 54.1 Å². The molecule has 4 rings (SSSR count). The quantitative estimate of drug-likeness (QED) is 0.204. The summed E-state index contributed by atoms with van der Waals surface area (Å²) in [6, 6.07) is 23.7. The Balaban J connectivity index is 1.51. The van der Waals surface area contributed by atoms with E-state index in [-0.39, 0.29) is 17.2 Å². The van der Waals surface area contributed by atoms with Gasteiger partial charge in [0.25, 0.3) is 11.5 Å². The number of hydrazone groups is 1. The van der Waals surface area contributed by atoms with Crippen molar-refractivity contribution in [1.29, 1.82) is 0 Å². The molecule has 0 aliphatic heterocycles. The molecule has 1 aromatic heterocycles. The van der Waals surface area contributed by atoms with Crippen molar-refractivity contribution in [3.63, 3.8) is 0 Å². The molecular weight excluding hydrogens is 424 g/mol. The lowest BCUT2D eigenvalue weighted by molar-refractivity contribution is -0.118. The summed E-state index contributed by atoms with van der Waals surface area (Å²) in [4.78, 5) is 30.1. The first-order valence-electron chi connectivity index (χ1n) is 9.81. The summed E-state index contributed by atoms with van der Waals surface area (Å²) < 4.78 is 6.64. The average molecular weight is 445 g/mol. The average Bonchev–Trinajstić information content (AvgIpc) is 2.84. The number of benzene rings is 3. The predicted molar refractivity (Wildman–Crippen MR) is 127 cm³/mol. The van der Waals surface area contributed by atoms with Crippen LogP contribution in [0.1, 0.15) is 5.56 Å². The van der Waals surface area contributed by atoms with Crippen LogP contribution in [0.25, 0.3) is 16.6 Å². The summed E-state index contributed by atoms with van der Waals surface area (Å²) in [7, 11) is 1.60. The molecule has 0 spiro atoms. The molecule has 0 aliphatic rings. The van der Waals surface area contributed by atoms with Crippen LogP contribution in [-0.2, 0) is 4.79 Å². The van der Waals surface area contributed by atoms with E-state index in [1.165, 1.54) is 16.3 Å². The fourth-order valence-corrected chi connectivity index (χ4v) is 3.85. The summed E-state index contributed by atoms with van der Waals surface area (Å²) in [5, 5.41) is 4.95. The minimum absolute atomic E-state index is 0.0531. The van der Waals surface area contributed by atoms with Crippen molar-refractivity contribution in [2.75, 3.05) is 12.9 Å². The largest absolute Gasteiger partial charge is 0.497 e. The zero-order valence-electron chi connectivity index (χ0n) is 17.3. The first-order chi connectivity index (χ1) is 15.7. The van der Waals surface area contributed by atoms with Crippen molar-refractivity contribution < 1.29 is 9.53 Å². The zero-order valence-corrected chi connectivity index (χ0v) is 18.1. The van der Waals surface area contributed by atoms with Crippen molar-refractivity contribution in [1.82, 2.24) is 15.0 Å². The third kappa shape index (κ3) is 4.87. The van der Waals surface area contributed by atoms with Crippen molar-refractivity contribution in [2.45, 2.75) is 5.16 Å². The molecule has 8 heteroatoms. The molecule has 4 aromatic rings. The van der Waals surface area contributed by atoms with Crippen LogP contribution in [0.2, 0.25) is 0 Å². The Bertz CT molecular complexity index is 1320. The SMILES string of the molecule is COc1ccc(/C=N/NC(=O)CSc2nc3ccccc3c(=O)n2-c2ccccc2)cc1. The second-order valence-corrected chi connectivity index (χ2v) is 7.69. The van der Waals surface area contributed by atoms with Crippen LogP contribution in [0.4, 0.5) is 0 Å². The summed E-state index contributed by atoms with van der Waals surface area (Å²) in [6.07, 6.45) is 1.55. The smallest absolute Gasteiger partial charge is 0.266 e. The summed E-state index contributed by atoms with van der Waals surface area (Å²) in [5.41, 5.74) is 4.43. The van der Waals surface area contributed by atoms with Crippen LogP contribution in [-0.4, -0.2) is 34.5 Å². The lowest BCUT2D eigenvalue weighted by atomic mass is 10.2. The molecule has 0 bridgehead atoms. The van der Waals surface area contributed by atoms with E-state index in [0.717, 1.165) is 11.3 Å². The van der Waals surface area contributed by atoms with E-state index >= 15 is 0 Å². The van der Waals surface area contributed by atoms with E-state index in [9.17, 15) is 9.59 Å². The molecule has 0 saturated carbocycles. The summed E-state index contributed by atoms with van der Waals surface area (Å²) in [5.74, 6) is 0.495. The minimum atomic E-state index is -0.304. The Hall–Kier alpha value is -3.91. The Kier molecular flexibility index (Phi) is 6.62. The van der Waals surface area contributed by atoms with Gasteiger partial charge in [0.1, 0.15) is 5.75 Å². The fraction of sp³-hybridized carbons (Fsp3) is 0.0833. The highest BCUT2D eigenvalue weighted by atomic mass is 32.2. The first-order valence-corrected chi connectivity index (χ1v) is 10.8. The van der Waals surface area contributed by atoms with E-state index in [1.54, 1.807) is 25.5 Å². The lowest BCUT2D eigenvalue weighted by Gasteiger charge is -2.12. The van der Waals surface area contributed by atoms with Gasteiger partial charge in [0, 0.05) is 0 Å². The number of ether oxygens (including phenoxy) is 1. The van der Waals surface area contributed by atoms with Crippen LogP contribution < -0.4 is 15.7 Å². The van der Waals surface area contributed by atoms with E-state index in [4.69, 9.17) is 4.74 Å². The third-order valence-corrected chi connectivity index (χ3v) is 5.55. The van der Waals surface area contributed by atoms with E-state index in [0.29, 0.717) is 21.7 Å². The molecular formula is C24H20N4O3S. The van der Waals surface area contributed by atoms with Gasteiger partial charge < -0.3 is 4.74 Å². The monoisotopic (exact) mass is 444 g/mol. The molecule has 0 saturated heterocycles. The molecule has 0 unspecified atom stereocenters. The second-order valence-electron chi connectivity index (χ2n) is 6.74. The van der Waals surface area contributed by atoms with E-state index in [2.05, 4.69) is 15.5 Å². The number of carbonyl (C=O) groups excluding carboxylic acids is 1. The standard InChI is InChI=1S/C24H20N4O3S/c1-31-19-13-11-17(12-14-19)15-25-27-22(29)16-32-24-26-21-10-6-5-9-20(21)23(30)28(24)18-7-3-2-4-8-18/h2-15H,16H2,1H3,(H,27,29)/b25-15+. The van der Waals surface area contributed by atoms with E-state index < -0.39 is 0 Å². The van der Waals surface area contributed by atoms with Crippen LogP contribution in [0, 0.1) is 0 Å². The lowest BCUT2D eigenvalue weighted by Crippen LogP contribution is -2.24. The number of hydrogen-bond acceptors (Lipinski definition) is 6. The number of rotatable bonds is 7. The van der Waals surface area contributed by atoms with Crippen LogP contribution in [0.3, 0.4) is 0 Å². The number of nitrogens with one attached hydrogen (secondary N) is 1. The molecule has 0 fully saturated rings.